The Morgan fingerprint density at radius 2 is 1.80 bits per heavy atom. The lowest BCUT2D eigenvalue weighted by Crippen LogP contribution is -2.04. The first kappa shape index (κ1) is 11.8. The van der Waals surface area contributed by atoms with Gasteiger partial charge in [0.05, 0.1) is 0 Å². The van der Waals surface area contributed by atoms with Gasteiger partial charge in [0.25, 0.3) is 0 Å². The van der Waals surface area contributed by atoms with E-state index in [4.69, 9.17) is 0 Å². The average molecular weight is 202 g/mol. The van der Waals surface area contributed by atoms with E-state index in [0.717, 1.165) is 18.4 Å². The lowest BCUT2D eigenvalue weighted by molar-refractivity contribution is 0.212. The first-order valence-corrected chi connectivity index (χ1v) is 5.43. The van der Waals surface area contributed by atoms with E-state index >= 15 is 0 Å². The lowest BCUT2D eigenvalue weighted by Gasteiger charge is -2.05. The minimum Gasteiger partial charge on any atom is -0.380 e. The molecule has 80 valence electrons. The summed E-state index contributed by atoms with van der Waals surface area (Å²) in [7, 11) is 0. The molecule has 0 aliphatic carbocycles. The number of hydrogen-bond acceptors (Lipinski definition) is 1. The zero-order chi connectivity index (χ0) is 11.1. The van der Waals surface area contributed by atoms with Crippen LogP contribution in [0.5, 0.6) is 0 Å². The van der Waals surface area contributed by atoms with Gasteiger partial charge in [0.15, 0.2) is 0 Å². The summed E-state index contributed by atoms with van der Waals surface area (Å²) in [5, 5.41) is 9.59. The zero-order valence-corrected chi connectivity index (χ0v) is 9.40. The van der Waals surface area contributed by atoms with E-state index in [1.807, 2.05) is 30.3 Å². The van der Waals surface area contributed by atoms with Gasteiger partial charge in [-0.3, -0.25) is 0 Å². The van der Waals surface area contributed by atoms with Crippen molar-refractivity contribution in [1.29, 1.82) is 0 Å². The monoisotopic (exact) mass is 202 g/mol. The molecule has 1 aromatic carbocycles. The fourth-order valence-electron chi connectivity index (χ4n) is 1.25. The highest BCUT2D eigenvalue weighted by Crippen LogP contribution is 2.06. The van der Waals surface area contributed by atoms with Gasteiger partial charge in [-0.2, -0.15) is 0 Å². The summed E-state index contributed by atoms with van der Waals surface area (Å²) in [5.41, 5.74) is 0.959. The van der Waals surface area contributed by atoms with E-state index in [2.05, 4.69) is 25.7 Å². The number of rotatable bonds is 3. The number of benzene rings is 1. The van der Waals surface area contributed by atoms with Crippen molar-refractivity contribution >= 4 is 0 Å². The van der Waals surface area contributed by atoms with Crippen molar-refractivity contribution in [2.24, 2.45) is 5.92 Å². The highest BCUT2D eigenvalue weighted by molar-refractivity contribution is 5.34. The van der Waals surface area contributed by atoms with Crippen molar-refractivity contribution in [2.45, 2.75) is 32.8 Å². The van der Waals surface area contributed by atoms with Crippen LogP contribution in [0.2, 0.25) is 0 Å². The van der Waals surface area contributed by atoms with E-state index in [1.54, 1.807) is 0 Å². The summed E-state index contributed by atoms with van der Waals surface area (Å²) in [6.45, 7) is 4.30. The van der Waals surface area contributed by atoms with Crippen LogP contribution < -0.4 is 0 Å². The van der Waals surface area contributed by atoms with Gasteiger partial charge in [0.1, 0.15) is 6.10 Å². The molecule has 0 saturated heterocycles. The zero-order valence-electron chi connectivity index (χ0n) is 9.40. The van der Waals surface area contributed by atoms with E-state index in [0.29, 0.717) is 5.92 Å². The lowest BCUT2D eigenvalue weighted by atomic mass is 10.1. The Balaban J connectivity index is 2.44. The number of hydrogen-bond donors (Lipinski definition) is 1. The highest BCUT2D eigenvalue weighted by Gasteiger charge is 2.00. The molecule has 1 aromatic rings. The van der Waals surface area contributed by atoms with Gasteiger partial charge < -0.3 is 5.11 Å². The molecule has 15 heavy (non-hydrogen) atoms. The molecule has 0 radical (unpaired) electrons. The van der Waals surface area contributed by atoms with E-state index in [9.17, 15) is 5.11 Å². The predicted molar refractivity (Wildman–Crippen MR) is 63.4 cm³/mol. The van der Waals surface area contributed by atoms with Crippen molar-refractivity contribution in [3.8, 4) is 11.8 Å². The smallest absolute Gasteiger partial charge is 0.115 e. The first-order valence-electron chi connectivity index (χ1n) is 5.43. The van der Waals surface area contributed by atoms with E-state index < -0.39 is 6.10 Å². The Kier molecular flexibility index (Phi) is 4.93. The summed E-state index contributed by atoms with van der Waals surface area (Å²) in [5.74, 6) is 6.45. The second-order valence-electron chi connectivity index (χ2n) is 4.12. The largest absolute Gasteiger partial charge is 0.380 e. The molecule has 0 spiro atoms. The molecule has 0 bridgehead atoms. The topological polar surface area (TPSA) is 20.2 Å². The van der Waals surface area contributed by atoms with Gasteiger partial charge in [-0.05, 0) is 30.9 Å². The van der Waals surface area contributed by atoms with Crippen LogP contribution in [0.3, 0.4) is 0 Å². The van der Waals surface area contributed by atoms with Gasteiger partial charge >= 0.3 is 0 Å². The maximum absolute atomic E-state index is 9.59. The standard InChI is InChI=1S/C14H18O/c1-12(2)8-10-14(15)11-9-13-6-4-3-5-7-13/h3-7,12,14-15H,8,10H2,1-2H3. The van der Waals surface area contributed by atoms with Crippen molar-refractivity contribution in [3.05, 3.63) is 35.9 Å². The van der Waals surface area contributed by atoms with Crippen LogP contribution in [-0.4, -0.2) is 11.2 Å². The summed E-state index contributed by atoms with van der Waals surface area (Å²) in [6.07, 6.45) is 1.29. The van der Waals surface area contributed by atoms with Gasteiger partial charge in [0, 0.05) is 5.56 Å². The minimum atomic E-state index is -0.493. The van der Waals surface area contributed by atoms with Gasteiger partial charge in [0.2, 0.25) is 0 Å². The molecule has 0 aromatic heterocycles. The fourth-order valence-corrected chi connectivity index (χ4v) is 1.25. The SMILES string of the molecule is CC(C)CCC(O)C#Cc1ccccc1. The molecule has 1 rings (SSSR count). The van der Waals surface area contributed by atoms with Crippen LogP contribution in [0.25, 0.3) is 0 Å². The highest BCUT2D eigenvalue weighted by atomic mass is 16.3. The molecule has 0 aliphatic heterocycles. The Bertz CT molecular complexity index is 329. The molecule has 1 atom stereocenters. The summed E-state index contributed by atoms with van der Waals surface area (Å²) >= 11 is 0. The quantitative estimate of drug-likeness (QED) is 0.747. The van der Waals surface area contributed by atoms with Crippen LogP contribution in [0, 0.1) is 17.8 Å². The van der Waals surface area contributed by atoms with Gasteiger partial charge in [-0.25, -0.2) is 0 Å². The van der Waals surface area contributed by atoms with Crippen LogP contribution in [-0.2, 0) is 0 Å². The predicted octanol–water partition coefficient (Wildman–Crippen LogP) is 2.84. The molecular weight excluding hydrogens is 184 g/mol. The van der Waals surface area contributed by atoms with Gasteiger partial charge in [-0.15, -0.1) is 0 Å². The van der Waals surface area contributed by atoms with Crippen molar-refractivity contribution in [1.82, 2.24) is 0 Å². The van der Waals surface area contributed by atoms with Crippen LogP contribution >= 0.6 is 0 Å². The molecule has 1 unspecified atom stereocenters. The molecule has 1 N–H and O–H groups in total. The normalized spacial score (nSPS) is 12.0. The molecule has 0 aliphatic rings. The van der Waals surface area contributed by atoms with Crippen molar-refractivity contribution < 1.29 is 5.11 Å². The Labute approximate surface area is 92.1 Å². The summed E-state index contributed by atoms with van der Waals surface area (Å²) in [4.78, 5) is 0. The van der Waals surface area contributed by atoms with Crippen molar-refractivity contribution in [2.75, 3.05) is 0 Å². The molecule has 1 nitrogen and oxygen atoms in total. The van der Waals surface area contributed by atoms with Crippen LogP contribution in [0.15, 0.2) is 30.3 Å². The second kappa shape index (κ2) is 6.27. The summed E-state index contributed by atoms with van der Waals surface area (Å²) < 4.78 is 0. The van der Waals surface area contributed by atoms with Crippen molar-refractivity contribution in [3.63, 3.8) is 0 Å². The van der Waals surface area contributed by atoms with Gasteiger partial charge in [-0.1, -0.05) is 43.9 Å². The fraction of sp³-hybridized carbons (Fsp3) is 0.429. The maximum Gasteiger partial charge on any atom is 0.115 e. The molecular formula is C14H18O. The number of aliphatic hydroxyl groups excluding tert-OH is 1. The third-order valence-corrected chi connectivity index (χ3v) is 2.17. The molecule has 1 heteroatoms. The first-order chi connectivity index (χ1) is 7.18. The molecule has 0 amide bonds. The third-order valence-electron chi connectivity index (χ3n) is 2.17. The van der Waals surface area contributed by atoms with E-state index in [1.165, 1.54) is 0 Å². The maximum atomic E-state index is 9.59. The Morgan fingerprint density at radius 3 is 2.40 bits per heavy atom. The Morgan fingerprint density at radius 1 is 1.13 bits per heavy atom. The average Bonchev–Trinajstić information content (AvgIpc) is 2.25. The third kappa shape index (κ3) is 5.24. The minimum absolute atomic E-state index is 0.493. The summed E-state index contributed by atoms with van der Waals surface area (Å²) in [6, 6.07) is 9.75. The van der Waals surface area contributed by atoms with E-state index in [-0.39, 0.29) is 0 Å². The second-order valence-corrected chi connectivity index (χ2v) is 4.12. The molecule has 0 saturated carbocycles. The van der Waals surface area contributed by atoms with Crippen LogP contribution in [0.4, 0.5) is 0 Å². The van der Waals surface area contributed by atoms with Crippen LogP contribution in [0.1, 0.15) is 32.3 Å². The molecule has 0 heterocycles. The number of aliphatic hydroxyl groups is 1. The Hall–Kier alpha value is -1.26. The molecule has 0 fully saturated rings.